The number of nitrogens with one attached hydrogen (secondary N) is 2. The summed E-state index contributed by atoms with van der Waals surface area (Å²) in [6, 6.07) is 6.97. The molecule has 172 valence electrons. The molecule has 0 spiro atoms. The first-order valence-corrected chi connectivity index (χ1v) is 11.2. The van der Waals surface area contributed by atoms with Crippen LogP contribution in [0.25, 0.3) is 33.1 Å². The van der Waals surface area contributed by atoms with Gasteiger partial charge >= 0.3 is 0 Å². The van der Waals surface area contributed by atoms with E-state index in [0.717, 1.165) is 53.4 Å². The van der Waals surface area contributed by atoms with Crippen LogP contribution >= 0.6 is 0 Å². The average Bonchev–Trinajstić information content (AvgIpc) is 3.17. The Morgan fingerprint density at radius 1 is 1.24 bits per heavy atom. The monoisotopic (exact) mass is 448 g/mol. The van der Waals surface area contributed by atoms with Gasteiger partial charge in [-0.1, -0.05) is 13.3 Å². The van der Waals surface area contributed by atoms with Crippen LogP contribution in [0.4, 0.5) is 4.39 Å². The molecule has 0 unspecified atom stereocenters. The number of nitrogens with zero attached hydrogens (tertiary/aromatic N) is 4. The van der Waals surface area contributed by atoms with Gasteiger partial charge in [0, 0.05) is 47.4 Å². The molecule has 0 radical (unpaired) electrons. The topological polar surface area (TPSA) is 86.8 Å². The van der Waals surface area contributed by atoms with Crippen molar-refractivity contribution in [2.45, 2.75) is 33.1 Å². The number of hydrogen-bond acceptors (Lipinski definition) is 5. The highest BCUT2D eigenvalue weighted by Crippen LogP contribution is 2.33. The van der Waals surface area contributed by atoms with Crippen molar-refractivity contribution in [1.29, 1.82) is 0 Å². The number of carbonyl (C=O) groups excluding carboxylic acids is 1. The lowest BCUT2D eigenvalue weighted by atomic mass is 9.98. The Hall–Kier alpha value is -3.39. The van der Waals surface area contributed by atoms with Crippen LogP contribution in [-0.2, 0) is 6.42 Å². The predicted molar refractivity (Wildman–Crippen MR) is 129 cm³/mol. The molecule has 0 aliphatic heterocycles. The number of unbranched alkanes of at least 4 members (excludes halogenated alkanes) is 1. The molecule has 0 fully saturated rings. The summed E-state index contributed by atoms with van der Waals surface area (Å²) in [5.41, 5.74) is 4.63. The summed E-state index contributed by atoms with van der Waals surface area (Å²) in [4.78, 5) is 23.5. The van der Waals surface area contributed by atoms with Gasteiger partial charge in [-0.3, -0.25) is 14.9 Å². The fraction of sp³-hybridized carbons (Fsp3) is 0.360. The second kappa shape index (κ2) is 9.62. The highest BCUT2D eigenvalue weighted by Gasteiger charge is 2.17. The minimum absolute atomic E-state index is 0.218. The maximum atomic E-state index is 15.0. The van der Waals surface area contributed by atoms with E-state index < -0.39 is 5.82 Å². The van der Waals surface area contributed by atoms with Gasteiger partial charge in [0.2, 0.25) is 0 Å². The summed E-state index contributed by atoms with van der Waals surface area (Å²) < 4.78 is 15.0. The van der Waals surface area contributed by atoms with E-state index in [9.17, 15) is 9.18 Å². The van der Waals surface area contributed by atoms with Gasteiger partial charge in [0.1, 0.15) is 11.2 Å². The standard InChI is InChI=1S/C25H29FN6O/c1-5-6-7-16-12-18-22-15(2)30-31-21(22)13-19(26)24(18)29-23(16)17-8-9-20(28-14-17)25(33)27-10-11-32(3)4/h8-9,12-14H,5-7,10-11H2,1-4H3,(H,27,33)(H,30,31). The van der Waals surface area contributed by atoms with E-state index >= 15 is 0 Å². The molecule has 0 atom stereocenters. The summed E-state index contributed by atoms with van der Waals surface area (Å²) in [6.45, 7) is 5.36. The number of carbonyl (C=O) groups is 1. The molecule has 0 saturated carbocycles. The maximum absolute atomic E-state index is 15.0. The molecule has 0 aliphatic rings. The normalized spacial score (nSPS) is 11.6. The van der Waals surface area contributed by atoms with Crippen LogP contribution in [0.15, 0.2) is 30.5 Å². The third kappa shape index (κ3) is 4.71. The second-order valence-electron chi connectivity index (χ2n) is 8.59. The Labute approximate surface area is 192 Å². The highest BCUT2D eigenvalue weighted by molar-refractivity contribution is 6.07. The number of aromatic amines is 1. The third-order valence-corrected chi connectivity index (χ3v) is 5.75. The molecular weight excluding hydrogens is 419 g/mol. The lowest BCUT2D eigenvalue weighted by Gasteiger charge is -2.13. The van der Waals surface area contributed by atoms with E-state index in [0.29, 0.717) is 29.0 Å². The number of H-pyrrole nitrogens is 1. The second-order valence-corrected chi connectivity index (χ2v) is 8.59. The van der Waals surface area contributed by atoms with Gasteiger partial charge in [-0.25, -0.2) is 9.37 Å². The van der Waals surface area contributed by atoms with Gasteiger partial charge in [-0.2, -0.15) is 5.10 Å². The summed E-state index contributed by atoms with van der Waals surface area (Å²) in [6.07, 6.45) is 4.48. The summed E-state index contributed by atoms with van der Waals surface area (Å²) in [5.74, 6) is -0.623. The van der Waals surface area contributed by atoms with E-state index in [4.69, 9.17) is 4.98 Å². The molecule has 3 heterocycles. The molecule has 0 aliphatic carbocycles. The largest absolute Gasteiger partial charge is 0.349 e. The van der Waals surface area contributed by atoms with E-state index in [1.165, 1.54) is 6.07 Å². The van der Waals surface area contributed by atoms with E-state index in [-0.39, 0.29) is 5.91 Å². The van der Waals surface area contributed by atoms with Crippen molar-refractivity contribution in [3.63, 3.8) is 0 Å². The Bertz CT molecular complexity index is 1300. The number of aromatic nitrogens is 4. The molecule has 4 rings (SSSR count). The van der Waals surface area contributed by atoms with Crippen LogP contribution in [-0.4, -0.2) is 58.2 Å². The van der Waals surface area contributed by atoms with Crippen LogP contribution < -0.4 is 5.32 Å². The molecule has 1 amide bonds. The van der Waals surface area contributed by atoms with Gasteiger partial charge in [0.25, 0.3) is 5.91 Å². The minimum Gasteiger partial charge on any atom is -0.349 e. The van der Waals surface area contributed by atoms with E-state index in [1.807, 2.05) is 38.1 Å². The highest BCUT2D eigenvalue weighted by atomic mass is 19.1. The van der Waals surface area contributed by atoms with Gasteiger partial charge in [-0.15, -0.1) is 0 Å². The van der Waals surface area contributed by atoms with Crippen molar-refractivity contribution in [3.8, 4) is 11.3 Å². The van der Waals surface area contributed by atoms with Crippen molar-refractivity contribution in [1.82, 2.24) is 30.4 Å². The number of pyridine rings is 2. The van der Waals surface area contributed by atoms with Gasteiger partial charge < -0.3 is 10.2 Å². The minimum atomic E-state index is -0.405. The Morgan fingerprint density at radius 3 is 2.76 bits per heavy atom. The lowest BCUT2D eigenvalue weighted by molar-refractivity contribution is 0.0946. The van der Waals surface area contributed by atoms with Crippen molar-refractivity contribution in [2.75, 3.05) is 27.2 Å². The average molecular weight is 449 g/mol. The molecule has 7 nitrogen and oxygen atoms in total. The van der Waals surface area contributed by atoms with Crippen LogP contribution in [0.5, 0.6) is 0 Å². The number of likely N-dealkylation sites (N-methyl/N-ethyl adjacent to an activating group) is 1. The van der Waals surface area contributed by atoms with Crippen LogP contribution in [0.1, 0.15) is 41.5 Å². The van der Waals surface area contributed by atoms with E-state index in [2.05, 4.69) is 27.4 Å². The smallest absolute Gasteiger partial charge is 0.269 e. The Balaban J connectivity index is 1.74. The Kier molecular flexibility index (Phi) is 6.65. The number of amides is 1. The third-order valence-electron chi connectivity index (χ3n) is 5.75. The molecule has 1 aromatic carbocycles. The predicted octanol–water partition coefficient (Wildman–Crippen LogP) is 4.25. The van der Waals surface area contributed by atoms with Crippen LogP contribution in [0.2, 0.25) is 0 Å². The first-order chi connectivity index (χ1) is 15.9. The van der Waals surface area contributed by atoms with Crippen molar-refractivity contribution in [2.24, 2.45) is 0 Å². The zero-order valence-corrected chi connectivity index (χ0v) is 19.5. The molecule has 8 heteroatoms. The SMILES string of the molecule is CCCCc1cc2c(nc1-c1ccc(C(=O)NCCN(C)C)nc1)c(F)cc1n[nH]c(C)c12. The molecular formula is C25H29FN6O. The zero-order valence-electron chi connectivity index (χ0n) is 19.5. The first-order valence-electron chi connectivity index (χ1n) is 11.2. The van der Waals surface area contributed by atoms with Gasteiger partial charge in [0.05, 0.1) is 11.2 Å². The molecule has 0 bridgehead atoms. The maximum Gasteiger partial charge on any atom is 0.269 e. The van der Waals surface area contributed by atoms with Gasteiger partial charge in [0.15, 0.2) is 5.82 Å². The Morgan fingerprint density at radius 2 is 2.06 bits per heavy atom. The zero-order chi connectivity index (χ0) is 23.5. The van der Waals surface area contributed by atoms with Gasteiger partial charge in [-0.05, 0) is 57.6 Å². The lowest BCUT2D eigenvalue weighted by Crippen LogP contribution is -2.31. The number of aryl methyl sites for hydroxylation is 2. The fourth-order valence-corrected chi connectivity index (χ4v) is 3.97. The van der Waals surface area contributed by atoms with Crippen molar-refractivity contribution >= 4 is 27.7 Å². The molecule has 3 aromatic heterocycles. The molecule has 2 N–H and O–H groups in total. The fourth-order valence-electron chi connectivity index (χ4n) is 3.97. The van der Waals surface area contributed by atoms with E-state index in [1.54, 1.807) is 12.3 Å². The number of rotatable bonds is 8. The number of halogens is 1. The summed E-state index contributed by atoms with van der Waals surface area (Å²) in [7, 11) is 3.90. The van der Waals surface area contributed by atoms with Crippen LogP contribution in [0, 0.1) is 12.7 Å². The number of benzene rings is 1. The number of hydrogen-bond donors (Lipinski definition) is 2. The van der Waals surface area contributed by atoms with Crippen LogP contribution in [0.3, 0.4) is 0 Å². The van der Waals surface area contributed by atoms with Crippen molar-refractivity contribution < 1.29 is 9.18 Å². The number of fused-ring (bicyclic) bond motifs is 3. The molecule has 0 saturated heterocycles. The molecule has 4 aromatic rings. The first kappa shape index (κ1) is 22.8. The van der Waals surface area contributed by atoms with Crippen molar-refractivity contribution in [3.05, 3.63) is 53.2 Å². The molecule has 33 heavy (non-hydrogen) atoms. The summed E-state index contributed by atoms with van der Waals surface area (Å²) >= 11 is 0. The summed E-state index contributed by atoms with van der Waals surface area (Å²) in [5, 5.41) is 11.7. The quantitative estimate of drug-likeness (QED) is 0.421.